The van der Waals surface area contributed by atoms with Crippen LogP contribution in [0.3, 0.4) is 0 Å². The third-order valence-electron chi connectivity index (χ3n) is 7.08. The molecule has 25 heavy (non-hydrogen) atoms. The fourth-order valence-electron chi connectivity index (χ4n) is 5.61. The van der Waals surface area contributed by atoms with Crippen molar-refractivity contribution in [2.24, 2.45) is 17.8 Å². The van der Waals surface area contributed by atoms with Gasteiger partial charge in [-0.05, 0) is 67.1 Å². The SMILES string of the molecule is CCCCCCCCCCC1CC2CC1CC2c1ccc(O)c(C)c1. The number of aryl methyl sites for hydroxylation is 1. The van der Waals surface area contributed by atoms with Crippen LogP contribution in [0.4, 0.5) is 0 Å². The molecule has 0 amide bonds. The standard InChI is InChI=1S/C24H38O/c1-3-4-5-6-7-8-9-10-11-19-15-22-16-21(19)17-23(22)20-12-13-24(25)18(2)14-20/h12-14,19,21-23,25H,3-11,15-17H2,1-2H3. The van der Waals surface area contributed by atoms with Crippen molar-refractivity contribution >= 4 is 0 Å². The van der Waals surface area contributed by atoms with Gasteiger partial charge in [0.2, 0.25) is 0 Å². The van der Waals surface area contributed by atoms with Gasteiger partial charge >= 0.3 is 0 Å². The summed E-state index contributed by atoms with van der Waals surface area (Å²) in [6.07, 6.45) is 17.3. The zero-order valence-corrected chi connectivity index (χ0v) is 16.5. The van der Waals surface area contributed by atoms with Crippen LogP contribution in [0.5, 0.6) is 5.75 Å². The van der Waals surface area contributed by atoms with E-state index in [1.165, 1.54) is 82.6 Å². The molecule has 1 aromatic rings. The van der Waals surface area contributed by atoms with Gasteiger partial charge in [-0.2, -0.15) is 0 Å². The predicted molar refractivity (Wildman–Crippen MR) is 107 cm³/mol. The molecule has 1 nitrogen and oxygen atoms in total. The number of hydrogen-bond donors (Lipinski definition) is 1. The second-order valence-corrected chi connectivity index (χ2v) is 8.90. The van der Waals surface area contributed by atoms with Gasteiger partial charge in [-0.3, -0.25) is 0 Å². The molecule has 0 spiro atoms. The van der Waals surface area contributed by atoms with Crippen LogP contribution >= 0.6 is 0 Å². The lowest BCUT2D eigenvalue weighted by atomic mass is 9.77. The fourth-order valence-corrected chi connectivity index (χ4v) is 5.61. The highest BCUT2D eigenvalue weighted by Gasteiger charge is 2.45. The number of benzene rings is 1. The Labute approximate surface area is 155 Å². The van der Waals surface area contributed by atoms with Gasteiger partial charge in [-0.1, -0.05) is 76.8 Å². The van der Waals surface area contributed by atoms with Crippen molar-refractivity contribution in [2.75, 3.05) is 0 Å². The van der Waals surface area contributed by atoms with Gasteiger partial charge in [-0.25, -0.2) is 0 Å². The predicted octanol–water partition coefficient (Wildman–Crippen LogP) is 7.36. The van der Waals surface area contributed by atoms with Gasteiger partial charge in [0.1, 0.15) is 5.75 Å². The molecule has 4 unspecified atom stereocenters. The average Bonchev–Trinajstić information content (AvgIpc) is 3.20. The first-order valence-corrected chi connectivity index (χ1v) is 11.0. The van der Waals surface area contributed by atoms with E-state index < -0.39 is 0 Å². The summed E-state index contributed by atoms with van der Waals surface area (Å²) in [7, 11) is 0. The molecule has 2 aliphatic rings. The highest BCUT2D eigenvalue weighted by Crippen LogP contribution is 2.57. The van der Waals surface area contributed by atoms with Crippen LogP contribution < -0.4 is 0 Å². The molecule has 0 saturated heterocycles. The third-order valence-corrected chi connectivity index (χ3v) is 7.08. The largest absolute Gasteiger partial charge is 0.508 e. The molecule has 3 rings (SSSR count). The molecule has 1 heteroatoms. The molecule has 140 valence electrons. The van der Waals surface area contributed by atoms with Crippen LogP contribution in [-0.2, 0) is 0 Å². The summed E-state index contributed by atoms with van der Waals surface area (Å²) < 4.78 is 0. The van der Waals surface area contributed by atoms with E-state index in [0.29, 0.717) is 5.75 Å². The Morgan fingerprint density at radius 1 is 0.880 bits per heavy atom. The molecule has 0 heterocycles. The number of fused-ring (bicyclic) bond motifs is 2. The minimum atomic E-state index is 0.444. The van der Waals surface area contributed by atoms with Crippen LogP contribution in [0.15, 0.2) is 18.2 Å². The topological polar surface area (TPSA) is 20.2 Å². The monoisotopic (exact) mass is 342 g/mol. The fraction of sp³-hybridized carbons (Fsp3) is 0.750. The molecule has 4 atom stereocenters. The first-order valence-electron chi connectivity index (χ1n) is 11.0. The lowest BCUT2D eigenvalue weighted by Gasteiger charge is -2.28. The van der Waals surface area contributed by atoms with Gasteiger partial charge in [0, 0.05) is 0 Å². The van der Waals surface area contributed by atoms with E-state index in [1.807, 2.05) is 13.0 Å². The molecule has 2 fully saturated rings. The minimum Gasteiger partial charge on any atom is -0.508 e. The summed E-state index contributed by atoms with van der Waals surface area (Å²) in [6, 6.07) is 6.30. The van der Waals surface area contributed by atoms with Gasteiger partial charge in [0.25, 0.3) is 0 Å². The molecule has 1 aromatic carbocycles. The van der Waals surface area contributed by atoms with Crippen LogP contribution in [0.2, 0.25) is 0 Å². The number of aromatic hydroxyl groups is 1. The number of unbranched alkanes of at least 4 members (excludes halogenated alkanes) is 7. The molecule has 2 aliphatic carbocycles. The Hall–Kier alpha value is -0.980. The van der Waals surface area contributed by atoms with Gasteiger partial charge < -0.3 is 5.11 Å². The molecule has 0 radical (unpaired) electrons. The Morgan fingerprint density at radius 3 is 2.24 bits per heavy atom. The van der Waals surface area contributed by atoms with Crippen molar-refractivity contribution in [1.29, 1.82) is 0 Å². The average molecular weight is 343 g/mol. The second kappa shape index (κ2) is 9.10. The minimum absolute atomic E-state index is 0.444. The Morgan fingerprint density at radius 2 is 1.60 bits per heavy atom. The van der Waals surface area contributed by atoms with E-state index in [-0.39, 0.29) is 0 Å². The Kier molecular flexibility index (Phi) is 6.84. The molecule has 2 bridgehead atoms. The van der Waals surface area contributed by atoms with Crippen molar-refractivity contribution in [1.82, 2.24) is 0 Å². The maximum Gasteiger partial charge on any atom is 0.118 e. The molecule has 1 N–H and O–H groups in total. The summed E-state index contributed by atoms with van der Waals surface area (Å²) in [5.74, 6) is 4.11. The quantitative estimate of drug-likeness (QED) is 0.440. The van der Waals surface area contributed by atoms with Crippen LogP contribution in [0.1, 0.15) is 101 Å². The van der Waals surface area contributed by atoms with E-state index in [0.717, 1.165) is 29.2 Å². The lowest BCUT2D eigenvalue weighted by Crippen LogP contribution is -2.16. The van der Waals surface area contributed by atoms with E-state index in [1.54, 1.807) is 0 Å². The number of phenolic OH excluding ortho intramolecular Hbond substituents is 1. The smallest absolute Gasteiger partial charge is 0.118 e. The zero-order valence-electron chi connectivity index (χ0n) is 16.5. The van der Waals surface area contributed by atoms with Crippen molar-refractivity contribution < 1.29 is 5.11 Å². The highest BCUT2D eigenvalue weighted by atomic mass is 16.3. The van der Waals surface area contributed by atoms with Gasteiger partial charge in [0.05, 0.1) is 0 Å². The van der Waals surface area contributed by atoms with Crippen molar-refractivity contribution in [2.45, 2.75) is 96.8 Å². The van der Waals surface area contributed by atoms with Gasteiger partial charge in [-0.15, -0.1) is 0 Å². The van der Waals surface area contributed by atoms with E-state index >= 15 is 0 Å². The second-order valence-electron chi connectivity index (χ2n) is 8.90. The summed E-state index contributed by atoms with van der Waals surface area (Å²) in [4.78, 5) is 0. The first kappa shape index (κ1) is 18.8. The van der Waals surface area contributed by atoms with Crippen molar-refractivity contribution in [3.63, 3.8) is 0 Å². The molecular weight excluding hydrogens is 304 g/mol. The van der Waals surface area contributed by atoms with Crippen LogP contribution in [0, 0.1) is 24.7 Å². The van der Waals surface area contributed by atoms with Crippen LogP contribution in [-0.4, -0.2) is 5.11 Å². The third kappa shape index (κ3) is 4.80. The first-order chi connectivity index (χ1) is 12.2. The van der Waals surface area contributed by atoms with E-state index in [2.05, 4.69) is 19.1 Å². The number of rotatable bonds is 10. The summed E-state index contributed by atoms with van der Waals surface area (Å²) in [6.45, 7) is 4.32. The Bertz CT molecular complexity index is 535. The summed E-state index contributed by atoms with van der Waals surface area (Å²) in [5.41, 5.74) is 2.52. The molecular formula is C24H38O. The summed E-state index contributed by atoms with van der Waals surface area (Å²) in [5, 5.41) is 9.76. The van der Waals surface area contributed by atoms with Gasteiger partial charge in [0.15, 0.2) is 0 Å². The van der Waals surface area contributed by atoms with E-state index in [4.69, 9.17) is 0 Å². The van der Waals surface area contributed by atoms with Crippen molar-refractivity contribution in [3.05, 3.63) is 29.3 Å². The normalized spacial score (nSPS) is 27.9. The highest BCUT2D eigenvalue weighted by molar-refractivity contribution is 5.37. The lowest BCUT2D eigenvalue weighted by molar-refractivity contribution is 0.282. The van der Waals surface area contributed by atoms with E-state index in [9.17, 15) is 5.11 Å². The maximum absolute atomic E-state index is 9.76. The zero-order chi connectivity index (χ0) is 17.6. The number of hydrogen-bond acceptors (Lipinski definition) is 1. The Balaban J connectivity index is 1.35. The van der Waals surface area contributed by atoms with Crippen molar-refractivity contribution in [3.8, 4) is 5.75 Å². The number of phenols is 1. The maximum atomic E-state index is 9.76. The molecule has 0 aromatic heterocycles. The summed E-state index contributed by atoms with van der Waals surface area (Å²) >= 11 is 0. The molecule has 0 aliphatic heterocycles. The van der Waals surface area contributed by atoms with Crippen LogP contribution in [0.25, 0.3) is 0 Å². The molecule has 2 saturated carbocycles.